The van der Waals surface area contributed by atoms with Gasteiger partial charge in [0.15, 0.2) is 17.5 Å². The lowest BCUT2D eigenvalue weighted by atomic mass is 9.97. The number of para-hydroxylation sites is 2. The number of hydrogen-bond donors (Lipinski definition) is 0. The van der Waals surface area contributed by atoms with Gasteiger partial charge in [0, 0.05) is 39.0 Å². The van der Waals surface area contributed by atoms with Gasteiger partial charge in [-0.1, -0.05) is 140 Å². The Bertz CT molecular complexity index is 3210. The number of hydrogen-bond acceptors (Lipinski definition) is 6. The summed E-state index contributed by atoms with van der Waals surface area (Å²) in [6, 6.07) is 55.7. The van der Waals surface area contributed by atoms with Crippen LogP contribution in [-0.4, -0.2) is 19.9 Å². The summed E-state index contributed by atoms with van der Waals surface area (Å²) >= 11 is 0. The molecule has 0 aliphatic carbocycles. The van der Waals surface area contributed by atoms with Gasteiger partial charge in [0.1, 0.15) is 28.0 Å². The van der Waals surface area contributed by atoms with E-state index in [0.717, 1.165) is 88.0 Å². The smallest absolute Gasteiger partial charge is 0.183 e. The Balaban J connectivity index is 1.15. The van der Waals surface area contributed by atoms with Crippen molar-refractivity contribution in [1.29, 1.82) is 0 Å². The van der Waals surface area contributed by atoms with E-state index in [4.69, 9.17) is 28.8 Å². The number of benzene rings is 7. The molecule has 0 saturated heterocycles. The highest BCUT2D eigenvalue weighted by Crippen LogP contribution is 2.42. The molecule has 0 spiro atoms. The molecule has 4 heterocycles. The minimum absolute atomic E-state index is 0.452. The molecule has 0 atom stereocenters. The zero-order valence-corrected chi connectivity index (χ0v) is 28.8. The van der Waals surface area contributed by atoms with Crippen molar-refractivity contribution in [1.82, 2.24) is 19.9 Å². The van der Waals surface area contributed by atoms with Crippen LogP contribution in [0.25, 0.3) is 111 Å². The molecule has 0 radical (unpaired) electrons. The van der Waals surface area contributed by atoms with Gasteiger partial charge in [-0.05, 0) is 51.7 Å². The monoisotopic (exact) mass is 692 g/mol. The number of furan rings is 2. The van der Waals surface area contributed by atoms with Crippen molar-refractivity contribution < 1.29 is 8.83 Å². The van der Waals surface area contributed by atoms with E-state index in [2.05, 4.69) is 97.1 Å². The van der Waals surface area contributed by atoms with Gasteiger partial charge < -0.3 is 8.83 Å². The number of pyridine rings is 1. The maximum absolute atomic E-state index is 6.69. The molecule has 0 aliphatic heterocycles. The second kappa shape index (κ2) is 12.1. The Morgan fingerprint density at radius 2 is 0.963 bits per heavy atom. The quantitative estimate of drug-likeness (QED) is 0.179. The van der Waals surface area contributed by atoms with Gasteiger partial charge >= 0.3 is 0 Å². The molecule has 0 bridgehead atoms. The first-order valence-corrected chi connectivity index (χ1v) is 17.9. The molecule has 6 nitrogen and oxygen atoms in total. The number of fused-ring (bicyclic) bond motifs is 7. The molecule has 7 aromatic carbocycles. The summed E-state index contributed by atoms with van der Waals surface area (Å²) in [6.45, 7) is 0. The number of nitrogens with zero attached hydrogens (tertiary/aromatic N) is 4. The molecular weight excluding hydrogens is 665 g/mol. The van der Waals surface area contributed by atoms with Crippen LogP contribution in [0.3, 0.4) is 0 Å². The van der Waals surface area contributed by atoms with Crippen LogP contribution in [0, 0.1) is 0 Å². The molecule has 11 aromatic rings. The molecule has 0 saturated carbocycles. The Labute approximate surface area is 309 Å². The van der Waals surface area contributed by atoms with Gasteiger partial charge in [-0.15, -0.1) is 0 Å². The second-order valence-electron chi connectivity index (χ2n) is 13.4. The summed E-state index contributed by atoms with van der Waals surface area (Å²) in [7, 11) is 0. The highest BCUT2D eigenvalue weighted by Gasteiger charge is 2.23. The molecule has 0 amide bonds. The van der Waals surface area contributed by atoms with Gasteiger partial charge in [-0.25, -0.2) is 15.0 Å². The predicted molar refractivity (Wildman–Crippen MR) is 217 cm³/mol. The third-order valence-corrected chi connectivity index (χ3v) is 10.2. The molecule has 4 aromatic heterocycles. The summed E-state index contributed by atoms with van der Waals surface area (Å²) in [4.78, 5) is 20.5. The van der Waals surface area contributed by atoms with Gasteiger partial charge in [0.05, 0.1) is 5.39 Å². The summed E-state index contributed by atoms with van der Waals surface area (Å²) < 4.78 is 13.0. The molecule has 0 fully saturated rings. The van der Waals surface area contributed by atoms with Crippen LogP contribution in [0.2, 0.25) is 0 Å². The normalized spacial score (nSPS) is 11.7. The SMILES string of the molecule is c1ccc(-c2ccc(-c3nc(-c4ccc5c(c4)oc4ccccc45)nc(-c4ncc(-c5cccc6ccccc56)c5oc6ccccc6c45)n3)cc2)cc1. The van der Waals surface area contributed by atoms with E-state index in [9.17, 15) is 0 Å². The maximum Gasteiger partial charge on any atom is 0.183 e. The molecule has 11 rings (SSSR count). The first-order valence-electron chi connectivity index (χ1n) is 17.9. The van der Waals surface area contributed by atoms with Gasteiger partial charge in [-0.3, -0.25) is 4.98 Å². The minimum Gasteiger partial charge on any atom is -0.456 e. The van der Waals surface area contributed by atoms with E-state index in [1.165, 1.54) is 0 Å². The van der Waals surface area contributed by atoms with Crippen molar-refractivity contribution in [3.05, 3.63) is 170 Å². The van der Waals surface area contributed by atoms with E-state index >= 15 is 0 Å². The summed E-state index contributed by atoms with van der Waals surface area (Å²) in [5.74, 6) is 1.51. The fourth-order valence-corrected chi connectivity index (χ4v) is 7.59. The van der Waals surface area contributed by atoms with Crippen LogP contribution >= 0.6 is 0 Å². The number of rotatable bonds is 5. The van der Waals surface area contributed by atoms with E-state index in [-0.39, 0.29) is 0 Å². The van der Waals surface area contributed by atoms with E-state index in [1.807, 2.05) is 72.9 Å². The van der Waals surface area contributed by atoms with Crippen LogP contribution in [0.5, 0.6) is 0 Å². The summed E-state index contributed by atoms with van der Waals surface area (Å²) in [6.07, 6.45) is 1.89. The summed E-state index contributed by atoms with van der Waals surface area (Å²) in [5.41, 5.74) is 9.62. The molecule has 54 heavy (non-hydrogen) atoms. The van der Waals surface area contributed by atoms with Crippen LogP contribution in [0.4, 0.5) is 0 Å². The van der Waals surface area contributed by atoms with Crippen molar-refractivity contribution in [2.75, 3.05) is 0 Å². The van der Waals surface area contributed by atoms with Crippen LogP contribution in [0.15, 0.2) is 179 Å². The Kier molecular flexibility index (Phi) is 6.75. The molecule has 0 unspecified atom stereocenters. The second-order valence-corrected chi connectivity index (χ2v) is 13.4. The third-order valence-electron chi connectivity index (χ3n) is 10.2. The van der Waals surface area contributed by atoms with Crippen molar-refractivity contribution in [3.8, 4) is 56.5 Å². The van der Waals surface area contributed by atoms with E-state index in [1.54, 1.807) is 0 Å². The minimum atomic E-state index is 0.452. The maximum atomic E-state index is 6.69. The summed E-state index contributed by atoms with van der Waals surface area (Å²) in [5, 5.41) is 6.18. The Hall–Kier alpha value is -7.44. The zero-order chi connectivity index (χ0) is 35.6. The molecule has 252 valence electrons. The van der Waals surface area contributed by atoms with Crippen molar-refractivity contribution in [3.63, 3.8) is 0 Å². The van der Waals surface area contributed by atoms with Crippen LogP contribution in [0.1, 0.15) is 0 Å². The number of aromatic nitrogens is 4. The predicted octanol–water partition coefficient (Wildman–Crippen LogP) is 12.6. The van der Waals surface area contributed by atoms with Crippen LogP contribution < -0.4 is 0 Å². The zero-order valence-electron chi connectivity index (χ0n) is 28.8. The van der Waals surface area contributed by atoms with Crippen molar-refractivity contribution >= 4 is 54.6 Å². The van der Waals surface area contributed by atoms with Crippen LogP contribution in [-0.2, 0) is 0 Å². The topological polar surface area (TPSA) is 77.8 Å². The molecule has 0 aliphatic rings. The lowest BCUT2D eigenvalue weighted by Crippen LogP contribution is -2.02. The molecule has 6 heteroatoms. The lowest BCUT2D eigenvalue weighted by Gasteiger charge is -2.11. The van der Waals surface area contributed by atoms with E-state index in [0.29, 0.717) is 23.2 Å². The fraction of sp³-hybridized carbons (Fsp3) is 0. The first-order chi connectivity index (χ1) is 26.7. The Morgan fingerprint density at radius 1 is 0.370 bits per heavy atom. The Morgan fingerprint density at radius 3 is 1.80 bits per heavy atom. The van der Waals surface area contributed by atoms with Crippen molar-refractivity contribution in [2.45, 2.75) is 0 Å². The highest BCUT2D eigenvalue weighted by molar-refractivity contribution is 6.16. The standard InChI is InChI=1S/C48H28N4O2/c1-2-11-29(12-3-1)30-21-23-32(24-22-30)46-50-47(33-25-26-37-36-16-6-8-19-40(36)53-42(37)27-33)52-48(51-46)44-43-38-17-7-9-20-41(38)54-45(43)39(28-49-44)35-18-10-14-31-13-4-5-15-34(31)35/h1-28H. The van der Waals surface area contributed by atoms with Gasteiger partial charge in [0.25, 0.3) is 0 Å². The largest absolute Gasteiger partial charge is 0.456 e. The van der Waals surface area contributed by atoms with Crippen molar-refractivity contribution in [2.24, 2.45) is 0 Å². The first kappa shape index (κ1) is 30.2. The average Bonchev–Trinajstić information content (AvgIpc) is 3.82. The van der Waals surface area contributed by atoms with E-state index < -0.39 is 0 Å². The molecular formula is C48H28N4O2. The lowest BCUT2D eigenvalue weighted by molar-refractivity contribution is 0.669. The average molecular weight is 693 g/mol. The van der Waals surface area contributed by atoms with Gasteiger partial charge in [0.2, 0.25) is 0 Å². The fourth-order valence-electron chi connectivity index (χ4n) is 7.59. The third kappa shape index (κ3) is 4.89. The van der Waals surface area contributed by atoms with Gasteiger partial charge in [-0.2, -0.15) is 0 Å². The highest BCUT2D eigenvalue weighted by atomic mass is 16.3. The molecule has 0 N–H and O–H groups in total.